The van der Waals surface area contributed by atoms with Crippen molar-refractivity contribution in [2.75, 3.05) is 19.6 Å². The maximum Gasteiger partial charge on any atom is 0.273 e. The number of nitro groups is 1. The van der Waals surface area contributed by atoms with Gasteiger partial charge in [-0.3, -0.25) is 10.1 Å². The highest BCUT2D eigenvalue weighted by Gasteiger charge is 2.21. The zero-order valence-electron chi connectivity index (χ0n) is 12.5. The summed E-state index contributed by atoms with van der Waals surface area (Å²) >= 11 is 0. The third-order valence-electron chi connectivity index (χ3n) is 3.19. The van der Waals surface area contributed by atoms with Crippen molar-refractivity contribution in [1.29, 1.82) is 0 Å². The van der Waals surface area contributed by atoms with E-state index in [9.17, 15) is 18.5 Å². The molecule has 21 heavy (non-hydrogen) atoms. The molecule has 0 aliphatic carbocycles. The van der Waals surface area contributed by atoms with E-state index in [1.807, 2.05) is 6.92 Å². The normalized spacial score (nSPS) is 11.6. The number of benzene rings is 1. The van der Waals surface area contributed by atoms with Crippen LogP contribution in [0.1, 0.15) is 24.5 Å². The summed E-state index contributed by atoms with van der Waals surface area (Å²) in [6.45, 7) is 7.07. The van der Waals surface area contributed by atoms with Gasteiger partial charge in [0.25, 0.3) is 5.69 Å². The number of rotatable bonds is 8. The smallest absolute Gasteiger partial charge is 0.273 e. The van der Waals surface area contributed by atoms with Gasteiger partial charge >= 0.3 is 0 Å². The van der Waals surface area contributed by atoms with E-state index in [0.29, 0.717) is 24.1 Å². The Balaban J connectivity index is 2.91. The average Bonchev–Trinajstić information content (AvgIpc) is 2.40. The van der Waals surface area contributed by atoms with Crippen molar-refractivity contribution in [1.82, 2.24) is 10.0 Å². The van der Waals surface area contributed by atoms with Crippen LogP contribution in [-0.4, -0.2) is 33.0 Å². The zero-order valence-corrected chi connectivity index (χ0v) is 13.3. The number of sulfonamides is 1. The topological polar surface area (TPSA) is 101 Å². The fourth-order valence-corrected chi connectivity index (χ4v) is 3.01. The summed E-state index contributed by atoms with van der Waals surface area (Å²) in [6.07, 6.45) is 0.653. The van der Waals surface area contributed by atoms with Gasteiger partial charge in [-0.15, -0.1) is 0 Å². The lowest BCUT2D eigenvalue weighted by atomic mass is 10.1. The van der Waals surface area contributed by atoms with Gasteiger partial charge in [0.1, 0.15) is 0 Å². The quantitative estimate of drug-likeness (QED) is 0.430. The van der Waals surface area contributed by atoms with Gasteiger partial charge in [-0.1, -0.05) is 6.92 Å². The molecule has 0 saturated carbocycles. The van der Waals surface area contributed by atoms with Gasteiger partial charge in [0.2, 0.25) is 10.0 Å². The SMILES string of the molecule is CCNCCCNS(=O)(=O)c1cc(C)c(C)c([N+](=O)[O-])c1. The Hall–Kier alpha value is -1.51. The number of hydrogen-bond acceptors (Lipinski definition) is 5. The number of hydrogen-bond donors (Lipinski definition) is 2. The summed E-state index contributed by atoms with van der Waals surface area (Å²) in [5.74, 6) is 0. The second kappa shape index (κ2) is 7.48. The molecule has 118 valence electrons. The van der Waals surface area contributed by atoms with Crippen LogP contribution in [0.15, 0.2) is 17.0 Å². The first kappa shape index (κ1) is 17.5. The van der Waals surface area contributed by atoms with Crippen molar-refractivity contribution < 1.29 is 13.3 Å². The second-order valence-electron chi connectivity index (χ2n) is 4.75. The summed E-state index contributed by atoms with van der Waals surface area (Å²) in [6, 6.07) is 2.56. The molecule has 0 aromatic heterocycles. The molecule has 0 bridgehead atoms. The molecule has 0 aliphatic heterocycles. The summed E-state index contributed by atoms with van der Waals surface area (Å²) in [4.78, 5) is 10.3. The predicted molar refractivity (Wildman–Crippen MR) is 80.9 cm³/mol. The number of aryl methyl sites for hydroxylation is 1. The Bertz CT molecular complexity index is 614. The average molecular weight is 315 g/mol. The lowest BCUT2D eigenvalue weighted by Crippen LogP contribution is -2.27. The molecule has 1 aromatic carbocycles. The van der Waals surface area contributed by atoms with Crippen LogP contribution in [0.25, 0.3) is 0 Å². The fourth-order valence-electron chi connectivity index (χ4n) is 1.83. The van der Waals surface area contributed by atoms with Crippen molar-refractivity contribution >= 4 is 15.7 Å². The van der Waals surface area contributed by atoms with Crippen molar-refractivity contribution in [3.63, 3.8) is 0 Å². The minimum atomic E-state index is -3.72. The fraction of sp³-hybridized carbons (Fsp3) is 0.538. The van der Waals surface area contributed by atoms with Gasteiger partial charge in [0.05, 0.1) is 9.82 Å². The summed E-state index contributed by atoms with van der Waals surface area (Å²) < 4.78 is 26.8. The van der Waals surface area contributed by atoms with Gasteiger partial charge in [-0.05, 0) is 45.0 Å². The molecule has 0 aliphatic rings. The van der Waals surface area contributed by atoms with Crippen LogP contribution in [0, 0.1) is 24.0 Å². The van der Waals surface area contributed by atoms with E-state index in [-0.39, 0.29) is 17.1 Å². The molecule has 0 spiro atoms. The molecular formula is C13H21N3O4S. The highest BCUT2D eigenvalue weighted by Crippen LogP contribution is 2.25. The molecule has 2 N–H and O–H groups in total. The summed E-state index contributed by atoms with van der Waals surface area (Å²) in [5, 5.41) is 14.1. The highest BCUT2D eigenvalue weighted by molar-refractivity contribution is 7.89. The van der Waals surface area contributed by atoms with Crippen LogP contribution in [0.5, 0.6) is 0 Å². The van der Waals surface area contributed by atoms with E-state index in [1.54, 1.807) is 13.8 Å². The molecule has 0 saturated heterocycles. The van der Waals surface area contributed by atoms with E-state index < -0.39 is 14.9 Å². The molecule has 0 amide bonds. The van der Waals surface area contributed by atoms with E-state index in [2.05, 4.69) is 10.0 Å². The lowest BCUT2D eigenvalue weighted by molar-refractivity contribution is -0.385. The van der Waals surface area contributed by atoms with Gasteiger partial charge in [0, 0.05) is 18.2 Å². The third-order valence-corrected chi connectivity index (χ3v) is 4.63. The molecular weight excluding hydrogens is 294 g/mol. The standard InChI is InChI=1S/C13H21N3O4S/c1-4-14-6-5-7-15-21(19,20)12-8-10(2)11(3)13(9-12)16(17)18/h8-9,14-15H,4-7H2,1-3H3. The molecule has 0 unspecified atom stereocenters. The lowest BCUT2D eigenvalue weighted by Gasteiger charge is -2.09. The molecule has 7 nitrogen and oxygen atoms in total. The maximum atomic E-state index is 12.1. The van der Waals surface area contributed by atoms with Crippen molar-refractivity contribution in [2.45, 2.75) is 32.1 Å². The van der Waals surface area contributed by atoms with Gasteiger partial charge in [0.15, 0.2) is 0 Å². The Kier molecular flexibility index (Phi) is 6.25. The van der Waals surface area contributed by atoms with Crippen molar-refractivity contribution in [2.24, 2.45) is 0 Å². The largest absolute Gasteiger partial charge is 0.317 e. The van der Waals surface area contributed by atoms with E-state index >= 15 is 0 Å². The molecule has 0 fully saturated rings. The molecule has 0 radical (unpaired) electrons. The van der Waals surface area contributed by atoms with Crippen molar-refractivity contribution in [3.8, 4) is 0 Å². The van der Waals surface area contributed by atoms with Crippen LogP contribution >= 0.6 is 0 Å². The predicted octanol–water partition coefficient (Wildman–Crippen LogP) is 1.49. The van der Waals surface area contributed by atoms with Crippen LogP contribution in [0.3, 0.4) is 0 Å². The minimum absolute atomic E-state index is 0.0687. The first-order chi connectivity index (χ1) is 9.79. The third kappa shape index (κ3) is 4.76. The van der Waals surface area contributed by atoms with Crippen LogP contribution in [0.4, 0.5) is 5.69 Å². The minimum Gasteiger partial charge on any atom is -0.317 e. The molecule has 0 heterocycles. The maximum absolute atomic E-state index is 12.1. The van der Waals surface area contributed by atoms with Crippen LogP contribution in [-0.2, 0) is 10.0 Å². The van der Waals surface area contributed by atoms with Gasteiger partial charge < -0.3 is 5.32 Å². The second-order valence-corrected chi connectivity index (χ2v) is 6.51. The Morgan fingerprint density at radius 3 is 2.48 bits per heavy atom. The highest BCUT2D eigenvalue weighted by atomic mass is 32.2. The monoisotopic (exact) mass is 315 g/mol. The van der Waals surface area contributed by atoms with E-state index in [0.717, 1.165) is 12.6 Å². The Labute approximate surface area is 124 Å². The van der Waals surface area contributed by atoms with Gasteiger partial charge in [-0.25, -0.2) is 13.1 Å². The summed E-state index contributed by atoms with van der Waals surface area (Å²) in [5.41, 5.74) is 0.881. The number of nitro benzene ring substituents is 1. The molecule has 0 atom stereocenters. The van der Waals surface area contributed by atoms with E-state index in [1.165, 1.54) is 6.07 Å². The molecule has 8 heteroatoms. The Morgan fingerprint density at radius 2 is 1.90 bits per heavy atom. The number of nitrogens with one attached hydrogen (secondary N) is 2. The van der Waals surface area contributed by atoms with Crippen LogP contribution < -0.4 is 10.0 Å². The van der Waals surface area contributed by atoms with E-state index in [4.69, 9.17) is 0 Å². The number of nitrogens with zero attached hydrogens (tertiary/aromatic N) is 1. The Morgan fingerprint density at radius 1 is 1.24 bits per heavy atom. The first-order valence-electron chi connectivity index (χ1n) is 6.75. The van der Waals surface area contributed by atoms with Crippen LogP contribution in [0.2, 0.25) is 0 Å². The first-order valence-corrected chi connectivity index (χ1v) is 8.24. The zero-order chi connectivity index (χ0) is 16.0. The molecule has 1 rings (SSSR count). The van der Waals surface area contributed by atoms with Gasteiger partial charge in [-0.2, -0.15) is 0 Å². The molecule has 1 aromatic rings. The van der Waals surface area contributed by atoms with Crippen molar-refractivity contribution in [3.05, 3.63) is 33.4 Å². The summed E-state index contributed by atoms with van der Waals surface area (Å²) in [7, 11) is -3.72.